The summed E-state index contributed by atoms with van der Waals surface area (Å²) in [5.74, 6) is -1.52. The minimum Gasteiger partial charge on any atom is -0.365 e. The molecule has 1 saturated heterocycles. The highest BCUT2D eigenvalue weighted by Crippen LogP contribution is 2.34. The van der Waals surface area contributed by atoms with Crippen LogP contribution in [0.1, 0.15) is 41.6 Å². The van der Waals surface area contributed by atoms with E-state index in [4.69, 9.17) is 12.3 Å². The Hall–Kier alpha value is -3.50. The van der Waals surface area contributed by atoms with Crippen LogP contribution in [0.4, 0.5) is 15.9 Å². The number of amides is 2. The van der Waals surface area contributed by atoms with Crippen molar-refractivity contribution in [1.82, 2.24) is 14.7 Å². The second-order valence-electron chi connectivity index (χ2n) is 9.47. The predicted molar refractivity (Wildman–Crippen MR) is 131 cm³/mol. The molecule has 0 radical (unpaired) electrons. The molecule has 0 unspecified atom stereocenters. The molecule has 0 bridgehead atoms. The third-order valence-corrected chi connectivity index (χ3v) is 7.14. The first-order valence-electron chi connectivity index (χ1n) is 11.5. The fourth-order valence-electron chi connectivity index (χ4n) is 4.39. The van der Waals surface area contributed by atoms with Gasteiger partial charge in [-0.05, 0) is 43.4 Å². The quantitative estimate of drug-likeness (QED) is 0.433. The number of carbonyl (C=O) groups excluding carboxylic acids is 2. The van der Waals surface area contributed by atoms with E-state index in [9.17, 15) is 22.4 Å². The number of anilines is 2. The number of benzene rings is 1. The normalized spacial score (nSPS) is 17.8. The Bertz CT molecular complexity index is 1320. The highest BCUT2D eigenvalue weighted by Gasteiger charge is 2.41. The van der Waals surface area contributed by atoms with Crippen LogP contribution in [0, 0.1) is 18.3 Å². The highest BCUT2D eigenvalue weighted by molar-refractivity contribution is 7.92. The molecular formula is C23H28FN7O4S. The van der Waals surface area contributed by atoms with E-state index in [-0.39, 0.29) is 35.4 Å². The largest absolute Gasteiger partial charge is 0.365 e. The molecule has 1 aliphatic heterocycles. The van der Waals surface area contributed by atoms with Gasteiger partial charge in [-0.15, -0.1) is 0 Å². The van der Waals surface area contributed by atoms with Gasteiger partial charge < -0.3 is 15.9 Å². The number of likely N-dealkylation sites (tertiary alicyclic amines) is 1. The van der Waals surface area contributed by atoms with E-state index in [0.29, 0.717) is 32.5 Å². The lowest BCUT2D eigenvalue weighted by molar-refractivity contribution is -0.117. The van der Waals surface area contributed by atoms with Crippen molar-refractivity contribution in [1.29, 1.82) is 0 Å². The molecule has 2 aliphatic rings. The van der Waals surface area contributed by atoms with Gasteiger partial charge in [0.25, 0.3) is 5.91 Å². The summed E-state index contributed by atoms with van der Waals surface area (Å²) in [7, 11) is -3.62. The molecule has 1 aromatic heterocycles. The lowest BCUT2D eigenvalue weighted by Crippen LogP contribution is -2.48. The Morgan fingerprint density at radius 1 is 1.31 bits per heavy atom. The number of halogens is 1. The van der Waals surface area contributed by atoms with Gasteiger partial charge in [0.05, 0.1) is 11.9 Å². The van der Waals surface area contributed by atoms with Crippen molar-refractivity contribution < 1.29 is 22.4 Å². The zero-order valence-corrected chi connectivity index (χ0v) is 20.6. The van der Waals surface area contributed by atoms with E-state index in [0.717, 1.165) is 24.7 Å². The Morgan fingerprint density at radius 2 is 2.00 bits per heavy atom. The van der Waals surface area contributed by atoms with E-state index < -0.39 is 27.3 Å². The summed E-state index contributed by atoms with van der Waals surface area (Å²) >= 11 is 0. The van der Waals surface area contributed by atoms with Gasteiger partial charge in [-0.3, -0.25) is 23.9 Å². The van der Waals surface area contributed by atoms with E-state index in [1.165, 1.54) is 18.3 Å². The SMILES string of the molecule is [C-]#[N+]CC1(n2cc(C(N)=O)c(NC(=O)C3CC3)n2)CCN(Cc2ccc(F)c(NS(C)(=O)=O)c2)CC1. The first-order valence-corrected chi connectivity index (χ1v) is 13.4. The third kappa shape index (κ3) is 5.83. The van der Waals surface area contributed by atoms with Gasteiger partial charge in [0, 0.05) is 31.7 Å². The molecule has 1 aliphatic carbocycles. The molecule has 2 fully saturated rings. The Kier molecular flexibility index (Phi) is 7.01. The molecule has 0 atom stereocenters. The van der Waals surface area contributed by atoms with Crippen LogP contribution in [-0.2, 0) is 26.9 Å². The summed E-state index contributed by atoms with van der Waals surface area (Å²) in [5, 5.41) is 7.18. The van der Waals surface area contributed by atoms with Gasteiger partial charge in [0.2, 0.25) is 22.5 Å². The van der Waals surface area contributed by atoms with Crippen LogP contribution in [0.5, 0.6) is 0 Å². The number of nitrogens with zero attached hydrogens (tertiary/aromatic N) is 4. The lowest BCUT2D eigenvalue weighted by Gasteiger charge is -2.38. The van der Waals surface area contributed by atoms with Crippen LogP contribution < -0.4 is 15.8 Å². The van der Waals surface area contributed by atoms with E-state index in [2.05, 4.69) is 24.9 Å². The van der Waals surface area contributed by atoms with Crippen LogP contribution in [-0.4, -0.2) is 60.8 Å². The van der Waals surface area contributed by atoms with E-state index in [1.807, 2.05) is 0 Å². The van der Waals surface area contributed by atoms with Gasteiger partial charge >= 0.3 is 0 Å². The number of nitrogens with two attached hydrogens (primary N) is 1. The van der Waals surface area contributed by atoms with Crippen molar-refractivity contribution in [2.24, 2.45) is 11.7 Å². The second kappa shape index (κ2) is 9.87. The van der Waals surface area contributed by atoms with Crippen molar-refractivity contribution in [2.75, 3.05) is 35.9 Å². The van der Waals surface area contributed by atoms with Crippen LogP contribution >= 0.6 is 0 Å². The summed E-state index contributed by atoms with van der Waals surface area (Å²) in [4.78, 5) is 30.0. The van der Waals surface area contributed by atoms with Gasteiger partial charge in [0.15, 0.2) is 5.82 Å². The Balaban J connectivity index is 1.50. The van der Waals surface area contributed by atoms with Crippen molar-refractivity contribution in [3.05, 3.63) is 52.8 Å². The van der Waals surface area contributed by atoms with Crippen molar-refractivity contribution >= 4 is 33.3 Å². The van der Waals surface area contributed by atoms with Crippen LogP contribution in [0.2, 0.25) is 0 Å². The molecule has 0 spiro atoms. The molecule has 2 amide bonds. The number of carbonyl (C=O) groups is 2. The standard InChI is InChI=1S/C23H28FN7O4S/c1-26-14-23(31-13-17(20(25)32)21(28-31)27-22(33)16-4-5-16)7-9-30(10-8-23)12-15-3-6-18(24)19(11-15)29-36(2,34)35/h3,6,11,13,16,29H,4-5,7-10,12,14H2,2H3,(H2,25,32)(H,27,28,33). The summed E-state index contributed by atoms with van der Waals surface area (Å²) in [5.41, 5.74) is 5.58. The fraction of sp³-hybridized carbons (Fsp3) is 0.478. The number of hydrogen-bond donors (Lipinski definition) is 3. The maximum Gasteiger partial charge on any atom is 0.254 e. The smallest absolute Gasteiger partial charge is 0.254 e. The number of piperidine rings is 1. The molecule has 4 N–H and O–H groups in total. The minimum atomic E-state index is -3.62. The van der Waals surface area contributed by atoms with Crippen LogP contribution in [0.25, 0.3) is 4.85 Å². The van der Waals surface area contributed by atoms with Crippen molar-refractivity contribution in [3.63, 3.8) is 0 Å². The number of hydrogen-bond acceptors (Lipinski definition) is 6. The molecule has 192 valence electrons. The van der Waals surface area contributed by atoms with E-state index in [1.54, 1.807) is 10.7 Å². The highest BCUT2D eigenvalue weighted by atomic mass is 32.2. The van der Waals surface area contributed by atoms with Gasteiger partial charge in [-0.1, -0.05) is 6.07 Å². The number of primary amides is 1. The predicted octanol–water partition coefficient (Wildman–Crippen LogP) is 1.75. The average Bonchev–Trinajstić information content (AvgIpc) is 3.57. The van der Waals surface area contributed by atoms with Crippen molar-refractivity contribution in [3.8, 4) is 0 Å². The first kappa shape index (κ1) is 25.6. The number of sulfonamides is 1. The average molecular weight is 518 g/mol. The van der Waals surface area contributed by atoms with Crippen LogP contribution in [0.3, 0.4) is 0 Å². The monoisotopic (exact) mass is 517 g/mol. The topological polar surface area (TPSA) is 144 Å². The second-order valence-corrected chi connectivity index (χ2v) is 11.2. The van der Waals surface area contributed by atoms with Gasteiger partial charge in [-0.2, -0.15) is 5.10 Å². The first-order chi connectivity index (χ1) is 17.0. The summed E-state index contributed by atoms with van der Waals surface area (Å²) in [6.45, 7) is 9.25. The molecule has 1 saturated carbocycles. The zero-order valence-electron chi connectivity index (χ0n) is 19.8. The number of nitrogens with one attached hydrogen (secondary N) is 2. The fourth-order valence-corrected chi connectivity index (χ4v) is 4.95. The number of rotatable bonds is 9. The molecule has 2 aromatic rings. The maximum atomic E-state index is 14.0. The molecule has 4 rings (SSSR count). The molecule has 2 heterocycles. The summed E-state index contributed by atoms with van der Waals surface area (Å²) < 4.78 is 40.8. The minimum absolute atomic E-state index is 0.0732. The Labute approximate surface area is 208 Å². The summed E-state index contributed by atoms with van der Waals surface area (Å²) in [6.07, 6.45) is 5.16. The van der Waals surface area contributed by atoms with Crippen LogP contribution in [0.15, 0.2) is 24.4 Å². The molecule has 36 heavy (non-hydrogen) atoms. The third-order valence-electron chi connectivity index (χ3n) is 6.55. The van der Waals surface area contributed by atoms with Crippen molar-refractivity contribution in [2.45, 2.75) is 37.8 Å². The zero-order chi connectivity index (χ0) is 26.1. The summed E-state index contributed by atoms with van der Waals surface area (Å²) in [6, 6.07) is 4.30. The Morgan fingerprint density at radius 3 is 2.58 bits per heavy atom. The number of aromatic nitrogens is 2. The van der Waals surface area contributed by atoms with E-state index >= 15 is 0 Å². The lowest BCUT2D eigenvalue weighted by atomic mass is 9.87. The molecular weight excluding hydrogens is 489 g/mol. The van der Waals surface area contributed by atoms with Gasteiger partial charge in [0.1, 0.15) is 16.9 Å². The molecule has 13 heteroatoms. The van der Waals surface area contributed by atoms with Gasteiger partial charge in [-0.25, -0.2) is 19.4 Å². The molecule has 1 aromatic carbocycles. The molecule has 11 nitrogen and oxygen atoms in total. The maximum absolute atomic E-state index is 14.0.